The number of hydrogen-bond donors (Lipinski definition) is 1. The fraction of sp³-hybridized carbons (Fsp3) is 0.632. The summed E-state index contributed by atoms with van der Waals surface area (Å²) in [5, 5.41) is 3.10. The van der Waals surface area contributed by atoms with E-state index in [4.69, 9.17) is 4.74 Å². The van der Waals surface area contributed by atoms with Crippen molar-refractivity contribution >= 4 is 15.9 Å². The Morgan fingerprint density at radius 1 is 1.26 bits per heavy atom. The summed E-state index contributed by atoms with van der Waals surface area (Å²) >= 11 is 0. The van der Waals surface area contributed by atoms with E-state index in [-0.39, 0.29) is 11.9 Å². The van der Waals surface area contributed by atoms with Crippen LogP contribution >= 0.6 is 0 Å². The maximum Gasteiger partial charge on any atom is 0.228 e. The van der Waals surface area contributed by atoms with Gasteiger partial charge < -0.3 is 15.0 Å². The number of fused-ring (bicyclic) bond motifs is 1. The summed E-state index contributed by atoms with van der Waals surface area (Å²) in [5.74, 6) is 0.814. The average molecular weight is 396 g/mol. The van der Waals surface area contributed by atoms with Crippen LogP contribution in [0.5, 0.6) is 5.75 Å². The highest BCUT2D eigenvalue weighted by atomic mass is 32.2. The first kappa shape index (κ1) is 20.1. The van der Waals surface area contributed by atoms with Crippen molar-refractivity contribution in [2.45, 2.75) is 31.8 Å². The number of rotatable bonds is 5. The SMILES string of the molecule is COc1ccc(CNC(=O)[C@@]23CCCN(C)[C@H]2CN(S(C)(=O)=O)CC3)cc1. The highest BCUT2D eigenvalue weighted by Gasteiger charge is 2.52. The molecule has 2 atom stereocenters. The number of ether oxygens (including phenoxy) is 1. The Morgan fingerprint density at radius 3 is 2.59 bits per heavy atom. The second kappa shape index (κ2) is 7.77. The third-order valence-electron chi connectivity index (χ3n) is 6.02. The van der Waals surface area contributed by atoms with Crippen LogP contribution in [0.3, 0.4) is 0 Å². The number of likely N-dealkylation sites (tertiary alicyclic amines) is 1. The predicted molar refractivity (Wildman–Crippen MR) is 104 cm³/mol. The van der Waals surface area contributed by atoms with Gasteiger partial charge in [-0.25, -0.2) is 12.7 Å². The molecule has 2 fully saturated rings. The van der Waals surface area contributed by atoms with Gasteiger partial charge in [0.15, 0.2) is 0 Å². The molecule has 3 rings (SSSR count). The van der Waals surface area contributed by atoms with Crippen LogP contribution in [-0.2, 0) is 21.4 Å². The maximum atomic E-state index is 13.2. The van der Waals surface area contributed by atoms with E-state index in [0.29, 0.717) is 26.1 Å². The van der Waals surface area contributed by atoms with E-state index < -0.39 is 15.4 Å². The van der Waals surface area contributed by atoms with Gasteiger partial charge >= 0.3 is 0 Å². The van der Waals surface area contributed by atoms with Crippen molar-refractivity contribution in [3.8, 4) is 5.75 Å². The lowest BCUT2D eigenvalue weighted by molar-refractivity contribution is -0.142. The summed E-state index contributed by atoms with van der Waals surface area (Å²) in [4.78, 5) is 15.4. The number of nitrogens with one attached hydrogen (secondary N) is 1. The number of piperidine rings is 2. The molecule has 0 unspecified atom stereocenters. The zero-order chi connectivity index (χ0) is 19.7. The number of amides is 1. The molecule has 0 saturated carbocycles. The van der Waals surface area contributed by atoms with E-state index in [2.05, 4.69) is 10.2 Å². The number of carbonyl (C=O) groups excluding carboxylic acids is 1. The first-order valence-corrected chi connectivity index (χ1v) is 11.2. The highest BCUT2D eigenvalue weighted by Crippen LogP contribution is 2.42. The molecule has 1 N–H and O–H groups in total. The van der Waals surface area contributed by atoms with Crippen molar-refractivity contribution in [1.29, 1.82) is 0 Å². The summed E-state index contributed by atoms with van der Waals surface area (Å²) in [7, 11) is 0.360. The van der Waals surface area contributed by atoms with E-state index in [1.54, 1.807) is 7.11 Å². The van der Waals surface area contributed by atoms with Crippen LogP contribution in [0.15, 0.2) is 24.3 Å². The number of carbonyl (C=O) groups is 1. The molecule has 2 saturated heterocycles. The molecule has 0 aliphatic carbocycles. The third-order valence-corrected chi connectivity index (χ3v) is 7.29. The fourth-order valence-electron chi connectivity index (χ4n) is 4.38. The van der Waals surface area contributed by atoms with Crippen LogP contribution in [0.4, 0.5) is 0 Å². The van der Waals surface area contributed by atoms with Gasteiger partial charge in [-0.05, 0) is 50.6 Å². The van der Waals surface area contributed by atoms with Gasteiger partial charge in [-0.1, -0.05) is 12.1 Å². The second-order valence-corrected chi connectivity index (χ2v) is 9.64. The lowest BCUT2D eigenvalue weighted by atomic mass is 9.68. The summed E-state index contributed by atoms with van der Waals surface area (Å²) in [6, 6.07) is 7.54. The molecule has 8 heteroatoms. The van der Waals surface area contributed by atoms with Crippen molar-refractivity contribution in [1.82, 2.24) is 14.5 Å². The van der Waals surface area contributed by atoms with Crippen molar-refractivity contribution in [3.05, 3.63) is 29.8 Å². The second-order valence-electron chi connectivity index (χ2n) is 7.66. The lowest BCUT2D eigenvalue weighted by Gasteiger charge is -2.52. The Kier molecular flexibility index (Phi) is 5.79. The van der Waals surface area contributed by atoms with Gasteiger partial charge in [0.25, 0.3) is 0 Å². The number of benzene rings is 1. The molecule has 2 heterocycles. The zero-order valence-electron chi connectivity index (χ0n) is 16.3. The van der Waals surface area contributed by atoms with Gasteiger partial charge in [0.2, 0.25) is 15.9 Å². The Balaban J connectivity index is 1.74. The Bertz CT molecular complexity index is 781. The molecule has 1 aromatic rings. The average Bonchev–Trinajstić information content (AvgIpc) is 2.65. The minimum Gasteiger partial charge on any atom is -0.497 e. The Morgan fingerprint density at radius 2 is 1.96 bits per heavy atom. The quantitative estimate of drug-likeness (QED) is 0.806. The highest BCUT2D eigenvalue weighted by molar-refractivity contribution is 7.88. The minimum atomic E-state index is -3.25. The van der Waals surface area contributed by atoms with Crippen LogP contribution in [0.2, 0.25) is 0 Å². The van der Waals surface area contributed by atoms with Crippen molar-refractivity contribution < 1.29 is 17.9 Å². The molecule has 1 aromatic carbocycles. The molecule has 7 nitrogen and oxygen atoms in total. The van der Waals surface area contributed by atoms with Crippen molar-refractivity contribution in [2.75, 3.05) is 40.0 Å². The number of likely N-dealkylation sites (N-methyl/N-ethyl adjacent to an activating group) is 1. The van der Waals surface area contributed by atoms with E-state index in [1.165, 1.54) is 10.6 Å². The smallest absolute Gasteiger partial charge is 0.228 e. The molecular formula is C19H29N3O4S. The van der Waals surface area contributed by atoms with Crippen molar-refractivity contribution in [3.63, 3.8) is 0 Å². The fourth-order valence-corrected chi connectivity index (χ4v) is 5.22. The standard InChI is InChI=1S/C19H29N3O4S/c1-21-11-4-9-19(10-12-22(14-17(19)21)27(3,24)25)18(23)20-13-15-5-7-16(26-2)8-6-15/h5-8,17H,4,9-14H2,1-3H3,(H,20,23)/t17-,19+/m0/s1. The normalized spacial score (nSPS) is 27.0. The van der Waals surface area contributed by atoms with Crippen LogP contribution in [0.1, 0.15) is 24.8 Å². The number of sulfonamides is 1. The molecule has 1 amide bonds. The molecule has 0 spiro atoms. The Labute approximate surface area is 161 Å². The predicted octanol–water partition coefficient (Wildman–Crippen LogP) is 1.06. The third kappa shape index (κ3) is 4.12. The monoisotopic (exact) mass is 395 g/mol. The molecule has 150 valence electrons. The summed E-state index contributed by atoms with van der Waals surface area (Å²) in [6.45, 7) is 2.12. The van der Waals surface area contributed by atoms with E-state index in [0.717, 1.165) is 30.7 Å². The van der Waals surface area contributed by atoms with E-state index >= 15 is 0 Å². The Hall–Kier alpha value is -1.64. The molecule has 0 radical (unpaired) electrons. The summed E-state index contributed by atoms with van der Waals surface area (Å²) < 4.78 is 30.7. The topological polar surface area (TPSA) is 79.0 Å². The molecule has 27 heavy (non-hydrogen) atoms. The number of methoxy groups -OCH3 is 1. The molecule has 2 aliphatic heterocycles. The first-order valence-electron chi connectivity index (χ1n) is 9.33. The van der Waals surface area contributed by atoms with Crippen LogP contribution in [-0.4, -0.2) is 69.6 Å². The van der Waals surface area contributed by atoms with E-state index in [9.17, 15) is 13.2 Å². The maximum absolute atomic E-state index is 13.2. The van der Waals surface area contributed by atoms with Gasteiger partial charge in [-0.2, -0.15) is 0 Å². The van der Waals surface area contributed by atoms with Crippen LogP contribution in [0.25, 0.3) is 0 Å². The summed E-state index contributed by atoms with van der Waals surface area (Å²) in [6.07, 6.45) is 3.55. The van der Waals surface area contributed by atoms with Crippen LogP contribution in [0, 0.1) is 5.41 Å². The van der Waals surface area contributed by atoms with Gasteiger partial charge in [-0.3, -0.25) is 4.79 Å². The van der Waals surface area contributed by atoms with Gasteiger partial charge in [0, 0.05) is 25.7 Å². The van der Waals surface area contributed by atoms with Gasteiger partial charge in [-0.15, -0.1) is 0 Å². The summed E-state index contributed by atoms with van der Waals surface area (Å²) in [5.41, 5.74) is 0.482. The largest absolute Gasteiger partial charge is 0.497 e. The zero-order valence-corrected chi connectivity index (χ0v) is 17.1. The van der Waals surface area contributed by atoms with E-state index in [1.807, 2.05) is 31.3 Å². The molecular weight excluding hydrogens is 366 g/mol. The number of hydrogen-bond acceptors (Lipinski definition) is 5. The minimum absolute atomic E-state index is 0.0306. The van der Waals surface area contributed by atoms with Gasteiger partial charge in [0.05, 0.1) is 18.8 Å². The number of nitrogens with zero attached hydrogens (tertiary/aromatic N) is 2. The molecule has 0 bridgehead atoms. The first-order chi connectivity index (χ1) is 12.8. The molecule has 0 aromatic heterocycles. The molecule has 2 aliphatic rings. The van der Waals surface area contributed by atoms with Crippen molar-refractivity contribution in [2.24, 2.45) is 5.41 Å². The van der Waals surface area contributed by atoms with Gasteiger partial charge in [0.1, 0.15) is 5.75 Å². The van der Waals surface area contributed by atoms with Crippen LogP contribution < -0.4 is 10.1 Å². The lowest BCUT2D eigenvalue weighted by Crippen LogP contribution is -2.65.